The van der Waals surface area contributed by atoms with Gasteiger partial charge in [-0.3, -0.25) is 4.79 Å². The summed E-state index contributed by atoms with van der Waals surface area (Å²) >= 11 is 6.12. The fourth-order valence-electron chi connectivity index (χ4n) is 3.38. The van der Waals surface area contributed by atoms with Crippen LogP contribution in [-0.4, -0.2) is 44.8 Å². The van der Waals surface area contributed by atoms with Crippen molar-refractivity contribution < 1.29 is 27.1 Å². The maximum atomic E-state index is 13.0. The first-order chi connectivity index (χ1) is 14.7. The van der Waals surface area contributed by atoms with E-state index in [2.05, 4.69) is 10.1 Å². The number of benzene rings is 2. The summed E-state index contributed by atoms with van der Waals surface area (Å²) in [6.07, 6.45) is 0.700. The summed E-state index contributed by atoms with van der Waals surface area (Å²) in [4.78, 5) is 24.3. The first-order valence-electron chi connectivity index (χ1n) is 9.60. The minimum Gasteiger partial charge on any atom is -0.465 e. The summed E-state index contributed by atoms with van der Waals surface area (Å²) < 4.78 is 44.4. The van der Waals surface area contributed by atoms with Crippen molar-refractivity contribution in [2.75, 3.05) is 25.5 Å². The number of hydrogen-bond donors (Lipinski definition) is 1. The van der Waals surface area contributed by atoms with Crippen molar-refractivity contribution >= 4 is 39.2 Å². The van der Waals surface area contributed by atoms with E-state index < -0.39 is 27.7 Å². The minimum absolute atomic E-state index is 0.206. The maximum Gasteiger partial charge on any atom is 0.337 e. The molecule has 166 valence electrons. The quantitative estimate of drug-likeness (QED) is 0.655. The number of halogens is 2. The molecule has 10 heteroatoms. The number of hydrogen-bond acceptors (Lipinski definition) is 5. The van der Waals surface area contributed by atoms with Crippen LogP contribution in [0.2, 0.25) is 5.02 Å². The van der Waals surface area contributed by atoms with Gasteiger partial charge in [-0.2, -0.15) is 0 Å². The molecule has 0 bridgehead atoms. The third-order valence-corrected chi connectivity index (χ3v) is 7.31. The number of carbonyl (C=O) groups excluding carboxylic acids is 2. The number of nitrogens with zero attached hydrogens (tertiary/aromatic N) is 1. The predicted molar refractivity (Wildman–Crippen MR) is 115 cm³/mol. The zero-order valence-corrected chi connectivity index (χ0v) is 18.4. The van der Waals surface area contributed by atoms with Crippen LogP contribution in [0.4, 0.5) is 10.1 Å². The van der Waals surface area contributed by atoms with E-state index in [-0.39, 0.29) is 35.3 Å². The number of rotatable bonds is 6. The number of anilines is 1. The Kier molecular flexibility index (Phi) is 7.30. The fourth-order valence-corrected chi connectivity index (χ4v) is 5.11. The van der Waals surface area contributed by atoms with Gasteiger partial charge < -0.3 is 10.1 Å². The standard InChI is InChI=1S/C21H22ClFN2O5S/c1-30-21(27)16-4-7-18(22)19(12-16)24-20(26)15-8-10-25(11-9-15)31(28,29)13-14-2-5-17(23)6-3-14/h2-7,12,15H,8-11,13H2,1H3,(H,24,26). The van der Waals surface area contributed by atoms with Crippen molar-refractivity contribution in [3.63, 3.8) is 0 Å². The largest absolute Gasteiger partial charge is 0.465 e. The molecule has 0 spiro atoms. The van der Waals surface area contributed by atoms with Crippen LogP contribution in [0.3, 0.4) is 0 Å². The van der Waals surface area contributed by atoms with Crippen molar-refractivity contribution in [1.29, 1.82) is 0 Å². The highest BCUT2D eigenvalue weighted by molar-refractivity contribution is 7.88. The third kappa shape index (κ3) is 5.81. The highest BCUT2D eigenvalue weighted by atomic mass is 35.5. The molecule has 2 aromatic carbocycles. The van der Waals surface area contributed by atoms with Gasteiger partial charge in [-0.15, -0.1) is 0 Å². The lowest BCUT2D eigenvalue weighted by Crippen LogP contribution is -2.41. The highest BCUT2D eigenvalue weighted by Gasteiger charge is 2.31. The summed E-state index contributed by atoms with van der Waals surface area (Å²) in [6, 6.07) is 9.76. The zero-order chi connectivity index (χ0) is 22.6. The summed E-state index contributed by atoms with van der Waals surface area (Å²) in [7, 11) is -2.32. The summed E-state index contributed by atoms with van der Waals surface area (Å²) in [5.41, 5.74) is 1.05. The zero-order valence-electron chi connectivity index (χ0n) is 16.8. The van der Waals surface area contributed by atoms with Gasteiger partial charge in [0.15, 0.2) is 0 Å². The Morgan fingerprint density at radius 3 is 2.42 bits per heavy atom. The lowest BCUT2D eigenvalue weighted by Gasteiger charge is -2.30. The molecule has 0 unspecified atom stereocenters. The third-order valence-electron chi connectivity index (χ3n) is 5.13. The molecule has 0 aromatic heterocycles. The van der Waals surface area contributed by atoms with Crippen LogP contribution in [0.15, 0.2) is 42.5 Å². The van der Waals surface area contributed by atoms with Gasteiger partial charge >= 0.3 is 5.97 Å². The smallest absolute Gasteiger partial charge is 0.337 e. The van der Waals surface area contributed by atoms with Gasteiger partial charge in [-0.05, 0) is 48.7 Å². The molecule has 1 heterocycles. The van der Waals surface area contributed by atoms with Crippen LogP contribution in [-0.2, 0) is 25.3 Å². The minimum atomic E-state index is -3.58. The van der Waals surface area contributed by atoms with Gasteiger partial charge in [0, 0.05) is 19.0 Å². The average Bonchev–Trinajstić information content (AvgIpc) is 2.76. The van der Waals surface area contributed by atoms with Gasteiger partial charge in [-0.1, -0.05) is 23.7 Å². The van der Waals surface area contributed by atoms with Gasteiger partial charge in [0.1, 0.15) is 5.82 Å². The molecule has 2 aromatic rings. The molecule has 3 rings (SSSR count). The second-order valence-corrected chi connectivity index (χ2v) is 9.61. The molecular formula is C21H22ClFN2O5S. The monoisotopic (exact) mass is 468 g/mol. The number of amides is 1. The molecule has 0 saturated carbocycles. The van der Waals surface area contributed by atoms with Crippen LogP contribution in [0.1, 0.15) is 28.8 Å². The highest BCUT2D eigenvalue weighted by Crippen LogP contribution is 2.27. The van der Waals surface area contributed by atoms with Gasteiger partial charge in [0.25, 0.3) is 0 Å². The Morgan fingerprint density at radius 1 is 1.16 bits per heavy atom. The molecule has 1 saturated heterocycles. The lowest BCUT2D eigenvalue weighted by atomic mass is 9.97. The number of esters is 1. The molecule has 1 aliphatic heterocycles. The fraction of sp³-hybridized carbons (Fsp3) is 0.333. The lowest BCUT2D eigenvalue weighted by molar-refractivity contribution is -0.120. The Morgan fingerprint density at radius 2 is 1.81 bits per heavy atom. The molecular weight excluding hydrogens is 447 g/mol. The topological polar surface area (TPSA) is 92.8 Å². The van der Waals surface area contributed by atoms with E-state index in [1.165, 1.54) is 53.9 Å². The van der Waals surface area contributed by atoms with Crippen molar-refractivity contribution in [1.82, 2.24) is 4.31 Å². The van der Waals surface area contributed by atoms with E-state index in [1.54, 1.807) is 0 Å². The predicted octanol–water partition coefficient (Wildman–Crippen LogP) is 3.45. The molecule has 31 heavy (non-hydrogen) atoms. The second kappa shape index (κ2) is 9.76. The average molecular weight is 469 g/mol. The first-order valence-corrected chi connectivity index (χ1v) is 11.6. The molecule has 1 amide bonds. The Bertz CT molecular complexity index is 1070. The van der Waals surface area contributed by atoms with Gasteiger partial charge in [0.2, 0.25) is 15.9 Å². The Labute approximate surface area is 185 Å². The number of sulfonamides is 1. The SMILES string of the molecule is COC(=O)c1ccc(Cl)c(NC(=O)C2CCN(S(=O)(=O)Cc3ccc(F)cc3)CC2)c1. The summed E-state index contributed by atoms with van der Waals surface area (Å²) in [5, 5.41) is 2.99. The van der Waals surface area contributed by atoms with Crippen molar-refractivity contribution in [3.05, 3.63) is 64.4 Å². The van der Waals surface area contributed by atoms with E-state index >= 15 is 0 Å². The number of carbonyl (C=O) groups is 2. The second-order valence-electron chi connectivity index (χ2n) is 7.23. The van der Waals surface area contributed by atoms with Crippen molar-refractivity contribution in [3.8, 4) is 0 Å². The van der Waals surface area contributed by atoms with Crippen LogP contribution < -0.4 is 5.32 Å². The summed E-state index contributed by atoms with van der Waals surface area (Å²) in [6.45, 7) is 0.412. The summed E-state index contributed by atoms with van der Waals surface area (Å²) in [5.74, 6) is -1.88. The van der Waals surface area contributed by atoms with Crippen molar-refractivity contribution in [2.45, 2.75) is 18.6 Å². The number of nitrogens with one attached hydrogen (secondary N) is 1. The molecule has 7 nitrogen and oxygen atoms in total. The number of piperidine rings is 1. The van der Waals surface area contributed by atoms with Crippen molar-refractivity contribution in [2.24, 2.45) is 5.92 Å². The molecule has 1 fully saturated rings. The van der Waals surface area contributed by atoms with Crippen LogP contribution in [0.25, 0.3) is 0 Å². The number of methoxy groups -OCH3 is 1. The molecule has 0 radical (unpaired) electrons. The molecule has 0 aliphatic carbocycles. The van der Waals surface area contributed by atoms with Crippen LogP contribution in [0, 0.1) is 11.7 Å². The molecule has 1 N–H and O–H groups in total. The van der Waals surface area contributed by atoms with Crippen LogP contribution >= 0.6 is 11.6 Å². The van der Waals surface area contributed by atoms with Gasteiger partial charge in [-0.25, -0.2) is 21.9 Å². The maximum absolute atomic E-state index is 13.0. The molecule has 0 atom stereocenters. The van der Waals surface area contributed by atoms with E-state index in [0.717, 1.165) is 0 Å². The Balaban J connectivity index is 1.59. The Hall–Kier alpha value is -2.49. The van der Waals surface area contributed by atoms with E-state index in [0.29, 0.717) is 24.1 Å². The van der Waals surface area contributed by atoms with Crippen LogP contribution in [0.5, 0.6) is 0 Å². The van der Waals surface area contributed by atoms with Gasteiger partial charge in [0.05, 0.1) is 29.1 Å². The first kappa shape index (κ1) is 23.2. The van der Waals surface area contributed by atoms with E-state index in [9.17, 15) is 22.4 Å². The normalized spacial score (nSPS) is 15.5. The molecule has 1 aliphatic rings. The van der Waals surface area contributed by atoms with E-state index in [1.807, 2.05) is 0 Å². The van der Waals surface area contributed by atoms with E-state index in [4.69, 9.17) is 11.6 Å². The number of ether oxygens (including phenoxy) is 1.